The highest BCUT2D eigenvalue weighted by Gasteiger charge is 2.60. The number of aliphatic hydroxyl groups is 1. The zero-order chi connectivity index (χ0) is 23.2. The molecule has 8 atom stereocenters. The van der Waals surface area contributed by atoms with E-state index in [0.29, 0.717) is 24.4 Å². The largest absolute Gasteiger partial charge is 0.466 e. The number of aliphatic hydroxyl groups excluding tert-OH is 1. The second-order valence-corrected chi connectivity index (χ2v) is 11.4. The Morgan fingerprint density at radius 3 is 2.64 bits per heavy atom. The number of hydrogen-bond donors (Lipinski definition) is 1. The highest BCUT2D eigenvalue weighted by molar-refractivity contribution is 5.74. The van der Waals surface area contributed by atoms with Gasteiger partial charge in [0, 0.05) is 5.56 Å². The summed E-state index contributed by atoms with van der Waals surface area (Å²) >= 11 is 0. The molecular weight excluding hydrogens is 412 g/mol. The van der Waals surface area contributed by atoms with E-state index < -0.39 is 6.29 Å². The van der Waals surface area contributed by atoms with Gasteiger partial charge in [0.2, 0.25) is 0 Å². The molecule has 4 nitrogen and oxygen atoms in total. The lowest BCUT2D eigenvalue weighted by molar-refractivity contribution is -0.158. The number of fused-ring (bicyclic) bond motifs is 5. The maximum absolute atomic E-state index is 12.7. The molecule has 0 aromatic heterocycles. The third-order valence-electron chi connectivity index (χ3n) is 10.0. The SMILES string of the molecule is CCOC(=O)[C@H]1CCC2C3CC=C4C[C@@H](OC(O)c5ccccc5)CC[C@]4(C)C3CC[C@@]21C. The van der Waals surface area contributed by atoms with Gasteiger partial charge in [-0.1, -0.05) is 55.8 Å². The Hall–Kier alpha value is -1.65. The predicted molar refractivity (Wildman–Crippen MR) is 128 cm³/mol. The summed E-state index contributed by atoms with van der Waals surface area (Å²) in [4.78, 5) is 12.7. The van der Waals surface area contributed by atoms with E-state index in [0.717, 1.165) is 50.5 Å². The highest BCUT2D eigenvalue weighted by Crippen LogP contribution is 2.66. The van der Waals surface area contributed by atoms with Crippen molar-refractivity contribution in [3.8, 4) is 0 Å². The lowest BCUT2D eigenvalue weighted by Gasteiger charge is -2.58. The summed E-state index contributed by atoms with van der Waals surface area (Å²) < 4.78 is 11.6. The molecule has 1 aromatic rings. The third kappa shape index (κ3) is 3.87. The average Bonchev–Trinajstić information content (AvgIpc) is 3.17. The van der Waals surface area contributed by atoms with Crippen molar-refractivity contribution in [3.63, 3.8) is 0 Å². The molecule has 4 aliphatic rings. The lowest BCUT2D eigenvalue weighted by atomic mass is 9.47. The molecule has 1 aromatic carbocycles. The summed E-state index contributed by atoms with van der Waals surface area (Å²) in [5.74, 6) is 2.09. The first kappa shape index (κ1) is 23.1. The van der Waals surface area contributed by atoms with Crippen LogP contribution in [0.25, 0.3) is 0 Å². The second-order valence-electron chi connectivity index (χ2n) is 11.4. The van der Waals surface area contributed by atoms with Crippen molar-refractivity contribution in [1.82, 2.24) is 0 Å². The Labute approximate surface area is 198 Å². The van der Waals surface area contributed by atoms with Gasteiger partial charge in [-0.15, -0.1) is 0 Å². The number of carbonyl (C=O) groups is 1. The summed E-state index contributed by atoms with van der Waals surface area (Å²) in [5, 5.41) is 10.6. The zero-order valence-electron chi connectivity index (χ0n) is 20.5. The zero-order valence-corrected chi connectivity index (χ0v) is 20.5. The van der Waals surface area contributed by atoms with Gasteiger partial charge in [-0.2, -0.15) is 0 Å². The minimum Gasteiger partial charge on any atom is -0.466 e. The van der Waals surface area contributed by atoms with E-state index in [1.807, 2.05) is 37.3 Å². The van der Waals surface area contributed by atoms with Crippen LogP contribution in [0.1, 0.15) is 84.0 Å². The number of allylic oxidation sites excluding steroid dienone is 1. The van der Waals surface area contributed by atoms with Gasteiger partial charge < -0.3 is 14.6 Å². The van der Waals surface area contributed by atoms with Crippen LogP contribution in [0.5, 0.6) is 0 Å². The predicted octanol–water partition coefficient (Wildman–Crippen LogP) is 6.20. The lowest BCUT2D eigenvalue weighted by Crippen LogP contribution is -2.51. The Balaban J connectivity index is 1.30. The van der Waals surface area contributed by atoms with Crippen LogP contribution in [-0.2, 0) is 14.3 Å². The minimum atomic E-state index is -0.855. The number of ether oxygens (including phenoxy) is 2. The molecule has 33 heavy (non-hydrogen) atoms. The second kappa shape index (κ2) is 8.85. The minimum absolute atomic E-state index is 0.0360. The molecule has 4 aliphatic carbocycles. The van der Waals surface area contributed by atoms with Gasteiger partial charge in [0.15, 0.2) is 6.29 Å². The van der Waals surface area contributed by atoms with Crippen LogP contribution >= 0.6 is 0 Å². The molecule has 1 N–H and O–H groups in total. The normalized spacial score (nSPS) is 40.7. The molecule has 0 radical (unpaired) electrons. The summed E-state index contributed by atoms with van der Waals surface area (Å²) in [6, 6.07) is 9.69. The molecule has 5 rings (SSSR count). The van der Waals surface area contributed by atoms with E-state index in [2.05, 4.69) is 19.9 Å². The van der Waals surface area contributed by atoms with Gasteiger partial charge in [-0.05, 0) is 86.9 Å². The number of rotatable bonds is 5. The van der Waals surface area contributed by atoms with Crippen LogP contribution in [0.15, 0.2) is 42.0 Å². The van der Waals surface area contributed by atoms with Gasteiger partial charge in [0.25, 0.3) is 0 Å². The van der Waals surface area contributed by atoms with Crippen LogP contribution in [0.4, 0.5) is 0 Å². The Morgan fingerprint density at radius 1 is 1.09 bits per heavy atom. The molecule has 4 unspecified atom stereocenters. The molecule has 0 saturated heterocycles. The van der Waals surface area contributed by atoms with Crippen molar-refractivity contribution in [1.29, 1.82) is 0 Å². The maximum Gasteiger partial charge on any atom is 0.309 e. The summed E-state index contributed by atoms with van der Waals surface area (Å²) in [6.45, 7) is 7.25. The Kier molecular flexibility index (Phi) is 6.20. The molecule has 0 bridgehead atoms. The molecule has 4 heteroatoms. The fraction of sp³-hybridized carbons (Fsp3) is 0.690. The van der Waals surface area contributed by atoms with Gasteiger partial charge in [0.1, 0.15) is 0 Å². The maximum atomic E-state index is 12.7. The molecular formula is C29H40O4. The van der Waals surface area contributed by atoms with Crippen LogP contribution in [0.3, 0.4) is 0 Å². The third-order valence-corrected chi connectivity index (χ3v) is 10.0. The van der Waals surface area contributed by atoms with E-state index in [-0.39, 0.29) is 28.8 Å². The molecule has 3 fully saturated rings. The molecule has 0 heterocycles. The monoisotopic (exact) mass is 452 g/mol. The van der Waals surface area contributed by atoms with Crippen molar-refractivity contribution < 1.29 is 19.4 Å². The average molecular weight is 453 g/mol. The van der Waals surface area contributed by atoms with Crippen LogP contribution in [0.2, 0.25) is 0 Å². The van der Waals surface area contributed by atoms with Gasteiger partial charge in [-0.25, -0.2) is 0 Å². The van der Waals surface area contributed by atoms with Crippen LogP contribution < -0.4 is 0 Å². The first-order chi connectivity index (χ1) is 15.9. The van der Waals surface area contributed by atoms with E-state index in [9.17, 15) is 9.90 Å². The quantitative estimate of drug-likeness (QED) is 0.328. The summed E-state index contributed by atoms with van der Waals surface area (Å²) in [6.07, 6.45) is 10.4. The van der Waals surface area contributed by atoms with Crippen molar-refractivity contribution in [2.45, 2.75) is 84.5 Å². The van der Waals surface area contributed by atoms with Gasteiger partial charge >= 0.3 is 5.97 Å². The number of benzene rings is 1. The number of carbonyl (C=O) groups excluding carboxylic acids is 1. The van der Waals surface area contributed by atoms with Crippen molar-refractivity contribution in [2.75, 3.05) is 6.61 Å². The smallest absolute Gasteiger partial charge is 0.309 e. The molecule has 180 valence electrons. The van der Waals surface area contributed by atoms with Gasteiger partial charge in [-0.3, -0.25) is 4.79 Å². The van der Waals surface area contributed by atoms with Crippen molar-refractivity contribution in [3.05, 3.63) is 47.5 Å². The van der Waals surface area contributed by atoms with Crippen LogP contribution in [0, 0.1) is 34.5 Å². The fourth-order valence-corrected chi connectivity index (χ4v) is 8.25. The van der Waals surface area contributed by atoms with Gasteiger partial charge in [0.05, 0.1) is 18.6 Å². The van der Waals surface area contributed by atoms with Crippen molar-refractivity contribution >= 4 is 5.97 Å². The first-order valence-electron chi connectivity index (χ1n) is 13.1. The molecule has 0 aliphatic heterocycles. The highest BCUT2D eigenvalue weighted by atomic mass is 16.6. The fourth-order valence-electron chi connectivity index (χ4n) is 8.25. The first-order valence-corrected chi connectivity index (χ1v) is 13.1. The Morgan fingerprint density at radius 2 is 1.88 bits per heavy atom. The van der Waals surface area contributed by atoms with Crippen LogP contribution in [-0.4, -0.2) is 23.8 Å². The molecule has 3 saturated carbocycles. The van der Waals surface area contributed by atoms with E-state index >= 15 is 0 Å². The van der Waals surface area contributed by atoms with E-state index in [1.54, 1.807) is 5.57 Å². The molecule has 0 amide bonds. The van der Waals surface area contributed by atoms with E-state index in [4.69, 9.17) is 9.47 Å². The van der Waals surface area contributed by atoms with Crippen molar-refractivity contribution in [2.24, 2.45) is 34.5 Å². The summed E-state index contributed by atoms with van der Waals surface area (Å²) in [5.41, 5.74) is 2.69. The standard InChI is InChI=1S/C29H40O4/c1-4-32-27(31)25-13-12-23-22-11-10-20-18-21(33-26(30)19-8-6-5-7-9-19)14-16-28(20,2)24(22)15-17-29(23,25)3/h5-10,21-26,30H,4,11-18H2,1-3H3/t21-,22?,23?,24?,25+,26?,28-,29-/m0/s1. The topological polar surface area (TPSA) is 55.8 Å². The number of hydrogen-bond acceptors (Lipinski definition) is 4. The van der Waals surface area contributed by atoms with E-state index in [1.165, 1.54) is 6.42 Å². The number of esters is 1. The summed E-state index contributed by atoms with van der Waals surface area (Å²) in [7, 11) is 0. The Bertz CT molecular complexity index is 894. The molecule has 0 spiro atoms.